The lowest BCUT2D eigenvalue weighted by atomic mass is 9.87. The molecule has 4 heteroatoms. The predicted molar refractivity (Wildman–Crippen MR) is 69.4 cm³/mol. The lowest BCUT2D eigenvalue weighted by Gasteiger charge is -2.30. The van der Waals surface area contributed by atoms with Gasteiger partial charge in [0.1, 0.15) is 17.2 Å². The van der Waals surface area contributed by atoms with Crippen LogP contribution in [0.1, 0.15) is 31.4 Å². The zero-order valence-electron chi connectivity index (χ0n) is 15.7. The highest BCUT2D eigenvalue weighted by molar-refractivity contribution is 5.45. The molecular weight excluding hydrogens is 244 g/mol. The summed E-state index contributed by atoms with van der Waals surface area (Å²) in [5.41, 5.74) is -0.0777. The Morgan fingerprint density at radius 3 is 2.58 bits per heavy atom. The van der Waals surface area contributed by atoms with Gasteiger partial charge in [-0.3, -0.25) is 0 Å². The maximum Gasteiger partial charge on any atom is 0.128 e. The molecule has 0 aliphatic carbocycles. The van der Waals surface area contributed by atoms with Crippen molar-refractivity contribution >= 4 is 0 Å². The Balaban J connectivity index is 2.17. The standard InChI is InChI=1S/C15H14O4/c16-10-3-1-9(2-4-10)13-8-19-14-7-11(17)5-6-12(14)15(13)18/h1-7,13,15-18H,8H2/i1D,2D,3D,4D,5D,7D. The third-order valence-corrected chi connectivity index (χ3v) is 2.97. The summed E-state index contributed by atoms with van der Waals surface area (Å²) in [6.07, 6.45) is -1.37. The summed E-state index contributed by atoms with van der Waals surface area (Å²) < 4.78 is 52.2. The molecule has 0 saturated carbocycles. The first-order valence-corrected chi connectivity index (χ1v) is 5.59. The molecule has 0 aromatic heterocycles. The average Bonchev–Trinajstić information content (AvgIpc) is 2.59. The van der Waals surface area contributed by atoms with Gasteiger partial charge in [-0.2, -0.15) is 0 Å². The first-order valence-electron chi connectivity index (χ1n) is 8.59. The minimum atomic E-state index is -1.37. The van der Waals surface area contributed by atoms with Crippen LogP contribution >= 0.6 is 0 Å². The summed E-state index contributed by atoms with van der Waals surface area (Å²) in [4.78, 5) is 0. The number of phenols is 2. The van der Waals surface area contributed by atoms with Gasteiger partial charge in [0.05, 0.1) is 20.9 Å². The van der Waals surface area contributed by atoms with Crippen molar-refractivity contribution in [3.05, 3.63) is 53.4 Å². The maximum atomic E-state index is 10.6. The lowest BCUT2D eigenvalue weighted by Crippen LogP contribution is -2.24. The van der Waals surface area contributed by atoms with E-state index in [4.69, 9.17) is 13.0 Å². The van der Waals surface area contributed by atoms with Crippen LogP contribution < -0.4 is 4.74 Å². The normalized spacial score (nSPS) is 25.9. The Morgan fingerprint density at radius 2 is 1.84 bits per heavy atom. The molecule has 2 atom stereocenters. The van der Waals surface area contributed by atoms with E-state index in [1.54, 1.807) is 0 Å². The van der Waals surface area contributed by atoms with Crippen LogP contribution in [0.15, 0.2) is 42.3 Å². The number of benzene rings is 2. The number of hydrogen-bond acceptors (Lipinski definition) is 4. The monoisotopic (exact) mass is 264 g/mol. The highest BCUT2D eigenvalue weighted by atomic mass is 16.5. The fourth-order valence-electron chi connectivity index (χ4n) is 1.99. The van der Waals surface area contributed by atoms with Gasteiger partial charge in [0, 0.05) is 17.5 Å². The lowest BCUT2D eigenvalue weighted by molar-refractivity contribution is 0.0887. The molecule has 4 nitrogen and oxygen atoms in total. The number of aliphatic hydroxyl groups is 1. The van der Waals surface area contributed by atoms with Crippen molar-refractivity contribution in [2.24, 2.45) is 0 Å². The van der Waals surface area contributed by atoms with Crippen molar-refractivity contribution < 1.29 is 28.3 Å². The summed E-state index contributed by atoms with van der Waals surface area (Å²) >= 11 is 0. The van der Waals surface area contributed by atoms with E-state index in [2.05, 4.69) is 0 Å². The summed E-state index contributed by atoms with van der Waals surface area (Å²) in [7, 11) is 0. The molecule has 0 fully saturated rings. The zero-order chi connectivity index (χ0) is 18.6. The van der Waals surface area contributed by atoms with E-state index in [9.17, 15) is 15.3 Å². The van der Waals surface area contributed by atoms with Crippen LogP contribution in [-0.4, -0.2) is 21.9 Å². The van der Waals surface area contributed by atoms with Gasteiger partial charge in [-0.15, -0.1) is 0 Å². The van der Waals surface area contributed by atoms with Crippen molar-refractivity contribution in [3.63, 3.8) is 0 Å². The molecular formula is C15H14O4. The van der Waals surface area contributed by atoms with Crippen LogP contribution in [0.4, 0.5) is 0 Å². The Labute approximate surface area is 119 Å². The summed E-state index contributed by atoms with van der Waals surface area (Å²) in [5, 5.41) is 29.9. The van der Waals surface area contributed by atoms with Crippen LogP contribution in [0.25, 0.3) is 0 Å². The highest BCUT2D eigenvalue weighted by Crippen LogP contribution is 2.41. The van der Waals surface area contributed by atoms with E-state index in [-0.39, 0.29) is 29.5 Å². The van der Waals surface area contributed by atoms with Crippen LogP contribution in [-0.2, 0) is 0 Å². The van der Waals surface area contributed by atoms with Gasteiger partial charge >= 0.3 is 0 Å². The van der Waals surface area contributed by atoms with Crippen LogP contribution in [0.3, 0.4) is 0 Å². The number of fused-ring (bicyclic) bond motifs is 1. The van der Waals surface area contributed by atoms with E-state index in [1.807, 2.05) is 0 Å². The predicted octanol–water partition coefficient (Wildman–Crippen LogP) is 2.31. The Hall–Kier alpha value is -2.20. The minimum absolute atomic E-state index is 0.0500. The third kappa shape index (κ3) is 2.11. The average molecular weight is 264 g/mol. The number of aliphatic hydroxyl groups excluding tert-OH is 1. The number of hydrogen-bond donors (Lipinski definition) is 3. The van der Waals surface area contributed by atoms with E-state index in [0.29, 0.717) is 0 Å². The van der Waals surface area contributed by atoms with Crippen molar-refractivity contribution in [1.29, 1.82) is 0 Å². The molecule has 2 unspecified atom stereocenters. The molecule has 0 bridgehead atoms. The SMILES string of the molecule is [2H]c1cc2c(c([2H])c1O)OCC(c1c([2H])c([2H])c(O)c([2H])c1[2H])C2O. The molecule has 0 spiro atoms. The second-order valence-corrected chi connectivity index (χ2v) is 4.17. The number of ether oxygens (including phenoxy) is 1. The maximum absolute atomic E-state index is 10.6. The molecule has 3 N–H and O–H groups in total. The fourth-order valence-corrected chi connectivity index (χ4v) is 1.99. The van der Waals surface area contributed by atoms with E-state index < -0.39 is 53.7 Å². The molecule has 1 aliphatic heterocycles. The largest absolute Gasteiger partial charge is 0.508 e. The van der Waals surface area contributed by atoms with Gasteiger partial charge in [-0.1, -0.05) is 12.1 Å². The van der Waals surface area contributed by atoms with Gasteiger partial charge in [0.25, 0.3) is 0 Å². The summed E-state index contributed by atoms with van der Waals surface area (Å²) in [6.45, 7) is -0.252. The Kier molecular flexibility index (Phi) is 1.61. The van der Waals surface area contributed by atoms with Crippen molar-refractivity contribution in [3.8, 4) is 17.2 Å². The minimum Gasteiger partial charge on any atom is -0.508 e. The van der Waals surface area contributed by atoms with Crippen molar-refractivity contribution in [2.75, 3.05) is 6.61 Å². The molecule has 0 radical (unpaired) electrons. The molecule has 2 aromatic rings. The van der Waals surface area contributed by atoms with E-state index in [1.165, 1.54) is 0 Å². The quantitative estimate of drug-likeness (QED) is 0.739. The molecule has 1 heterocycles. The molecule has 0 saturated heterocycles. The molecule has 3 rings (SSSR count). The zero-order valence-corrected chi connectivity index (χ0v) is 9.69. The van der Waals surface area contributed by atoms with Gasteiger partial charge in [-0.25, -0.2) is 0 Å². The highest BCUT2D eigenvalue weighted by Gasteiger charge is 2.30. The topological polar surface area (TPSA) is 69.9 Å². The Morgan fingerprint density at radius 1 is 1.11 bits per heavy atom. The second-order valence-electron chi connectivity index (χ2n) is 4.17. The van der Waals surface area contributed by atoms with E-state index >= 15 is 0 Å². The molecule has 0 amide bonds. The van der Waals surface area contributed by atoms with Gasteiger partial charge in [-0.05, 0) is 29.8 Å². The number of rotatable bonds is 1. The van der Waals surface area contributed by atoms with Gasteiger partial charge < -0.3 is 20.1 Å². The first kappa shape index (κ1) is 6.82. The summed E-state index contributed by atoms with van der Waals surface area (Å²) in [5.74, 6) is -2.45. The molecule has 19 heavy (non-hydrogen) atoms. The Bertz CT molecular complexity index is 856. The van der Waals surface area contributed by atoms with Crippen LogP contribution in [0, 0.1) is 0 Å². The number of aromatic hydroxyl groups is 2. The van der Waals surface area contributed by atoms with Crippen molar-refractivity contribution in [2.45, 2.75) is 12.0 Å². The van der Waals surface area contributed by atoms with Gasteiger partial charge in [0.2, 0.25) is 0 Å². The van der Waals surface area contributed by atoms with Crippen LogP contribution in [0.2, 0.25) is 0 Å². The molecule has 1 aliphatic rings. The van der Waals surface area contributed by atoms with Crippen LogP contribution in [0.5, 0.6) is 17.2 Å². The smallest absolute Gasteiger partial charge is 0.128 e. The van der Waals surface area contributed by atoms with Gasteiger partial charge in [0.15, 0.2) is 0 Å². The molecule has 2 aromatic carbocycles. The van der Waals surface area contributed by atoms with E-state index in [0.717, 1.165) is 6.07 Å². The molecule has 98 valence electrons. The number of phenolic OH excluding ortho intramolecular Hbond substituents is 2. The fraction of sp³-hybridized carbons (Fsp3) is 0.200. The van der Waals surface area contributed by atoms with Crippen molar-refractivity contribution in [1.82, 2.24) is 0 Å². The second kappa shape index (κ2) is 4.48. The third-order valence-electron chi connectivity index (χ3n) is 2.97. The first-order chi connectivity index (χ1) is 11.7. The summed E-state index contributed by atoms with van der Waals surface area (Å²) in [6, 6.07) is -1.92.